The molecule has 4 heteroatoms. The highest BCUT2D eigenvalue weighted by molar-refractivity contribution is 5.75. The summed E-state index contributed by atoms with van der Waals surface area (Å²) >= 11 is 0. The lowest BCUT2D eigenvalue weighted by Gasteiger charge is -2.18. The molecule has 0 aliphatic rings. The Morgan fingerprint density at radius 2 is 2.05 bits per heavy atom. The van der Waals surface area contributed by atoms with Crippen LogP contribution >= 0.6 is 0 Å². The molecule has 1 amide bonds. The minimum atomic E-state index is 0.0830. The molecule has 0 aromatic heterocycles. The highest BCUT2D eigenvalue weighted by Gasteiger charge is 2.11. The summed E-state index contributed by atoms with van der Waals surface area (Å²) in [6.45, 7) is 5.67. The van der Waals surface area contributed by atoms with Crippen molar-refractivity contribution < 1.29 is 9.53 Å². The van der Waals surface area contributed by atoms with Crippen molar-refractivity contribution in [1.29, 1.82) is 0 Å². The van der Waals surface area contributed by atoms with Gasteiger partial charge in [-0.2, -0.15) is 0 Å². The molecule has 0 heterocycles. The first kappa shape index (κ1) is 16.5. The Labute approximate surface area is 122 Å². The maximum absolute atomic E-state index is 11.5. The second-order valence-electron chi connectivity index (χ2n) is 5.10. The van der Waals surface area contributed by atoms with E-state index in [0.29, 0.717) is 13.0 Å². The van der Waals surface area contributed by atoms with Crippen LogP contribution in [-0.4, -0.2) is 38.1 Å². The number of hydrogen-bond acceptors (Lipinski definition) is 3. The third-order valence-electron chi connectivity index (χ3n) is 3.16. The van der Waals surface area contributed by atoms with E-state index >= 15 is 0 Å². The largest absolute Gasteiger partial charge is 0.493 e. The van der Waals surface area contributed by atoms with Crippen molar-refractivity contribution in [3.8, 4) is 5.75 Å². The fraction of sp³-hybridized carbons (Fsp3) is 0.562. The van der Waals surface area contributed by atoms with Crippen molar-refractivity contribution in [3.63, 3.8) is 0 Å². The molecule has 112 valence electrons. The van der Waals surface area contributed by atoms with Crippen LogP contribution in [0.3, 0.4) is 0 Å². The van der Waals surface area contributed by atoms with E-state index in [2.05, 4.69) is 25.2 Å². The van der Waals surface area contributed by atoms with Gasteiger partial charge >= 0.3 is 0 Å². The fourth-order valence-corrected chi connectivity index (χ4v) is 1.91. The summed E-state index contributed by atoms with van der Waals surface area (Å²) < 4.78 is 5.77. The molecule has 0 radical (unpaired) electrons. The molecule has 0 saturated carbocycles. The van der Waals surface area contributed by atoms with Gasteiger partial charge in [0.1, 0.15) is 5.75 Å². The van der Waals surface area contributed by atoms with Gasteiger partial charge in [0.15, 0.2) is 0 Å². The van der Waals surface area contributed by atoms with Gasteiger partial charge in [0.05, 0.1) is 13.0 Å². The number of amides is 1. The van der Waals surface area contributed by atoms with Gasteiger partial charge in [-0.3, -0.25) is 4.79 Å². The summed E-state index contributed by atoms with van der Waals surface area (Å²) in [5.74, 6) is 0.940. The predicted octanol–water partition coefficient (Wildman–Crippen LogP) is 2.60. The van der Waals surface area contributed by atoms with E-state index in [4.69, 9.17) is 4.74 Å². The Hall–Kier alpha value is -1.55. The first-order valence-electron chi connectivity index (χ1n) is 7.21. The molecule has 0 fully saturated rings. The maximum atomic E-state index is 11.5. The minimum absolute atomic E-state index is 0.0830. The lowest BCUT2D eigenvalue weighted by atomic mass is 10.1. The normalized spacial score (nSPS) is 12.0. The molecule has 1 N–H and O–H groups in total. The molecule has 0 bridgehead atoms. The molecule has 0 aliphatic heterocycles. The monoisotopic (exact) mass is 278 g/mol. The average Bonchev–Trinajstić information content (AvgIpc) is 2.45. The van der Waals surface area contributed by atoms with Crippen molar-refractivity contribution >= 4 is 5.91 Å². The van der Waals surface area contributed by atoms with Crippen LogP contribution in [0.2, 0.25) is 0 Å². The zero-order chi connectivity index (χ0) is 15.0. The van der Waals surface area contributed by atoms with Crippen LogP contribution in [0.5, 0.6) is 5.75 Å². The Balaban J connectivity index is 2.59. The predicted molar refractivity (Wildman–Crippen MR) is 82.0 cm³/mol. The van der Waals surface area contributed by atoms with E-state index in [0.717, 1.165) is 24.3 Å². The quantitative estimate of drug-likeness (QED) is 0.794. The Morgan fingerprint density at radius 3 is 2.70 bits per heavy atom. The standard InChI is InChI=1S/C16H26N2O2/c1-5-11-17-13(2)14-8-6-7-9-15(14)20-12-10-16(19)18(3)4/h6-9,13,17H,5,10-12H2,1-4H3. The van der Waals surface area contributed by atoms with Crippen molar-refractivity contribution in [3.05, 3.63) is 29.8 Å². The number of hydrogen-bond donors (Lipinski definition) is 1. The third-order valence-corrected chi connectivity index (χ3v) is 3.16. The van der Waals surface area contributed by atoms with E-state index in [-0.39, 0.29) is 11.9 Å². The number of para-hydroxylation sites is 1. The number of benzene rings is 1. The minimum Gasteiger partial charge on any atom is -0.493 e. The van der Waals surface area contributed by atoms with Crippen LogP contribution in [0.25, 0.3) is 0 Å². The number of carbonyl (C=O) groups is 1. The first-order valence-corrected chi connectivity index (χ1v) is 7.21. The van der Waals surface area contributed by atoms with Crippen LogP contribution in [-0.2, 0) is 4.79 Å². The van der Waals surface area contributed by atoms with Gasteiger partial charge in [-0.05, 0) is 26.0 Å². The Kier molecular flexibility index (Phi) is 7.09. The molecule has 1 rings (SSSR count). The summed E-state index contributed by atoms with van der Waals surface area (Å²) in [5, 5.41) is 3.45. The zero-order valence-corrected chi connectivity index (χ0v) is 13.0. The van der Waals surface area contributed by atoms with Gasteiger partial charge in [-0.1, -0.05) is 25.1 Å². The van der Waals surface area contributed by atoms with Crippen LogP contribution < -0.4 is 10.1 Å². The lowest BCUT2D eigenvalue weighted by Crippen LogP contribution is -2.24. The van der Waals surface area contributed by atoms with E-state index in [9.17, 15) is 4.79 Å². The van der Waals surface area contributed by atoms with Crippen molar-refractivity contribution in [2.75, 3.05) is 27.2 Å². The molecule has 1 aromatic rings. The van der Waals surface area contributed by atoms with E-state index in [1.165, 1.54) is 0 Å². The molecule has 20 heavy (non-hydrogen) atoms. The zero-order valence-electron chi connectivity index (χ0n) is 13.0. The highest BCUT2D eigenvalue weighted by atomic mass is 16.5. The average molecular weight is 278 g/mol. The van der Waals surface area contributed by atoms with Crippen LogP contribution in [0.4, 0.5) is 0 Å². The molecule has 1 atom stereocenters. The summed E-state index contributed by atoms with van der Waals surface area (Å²) in [5.41, 5.74) is 1.14. The molecule has 0 saturated heterocycles. The van der Waals surface area contributed by atoms with Crippen molar-refractivity contribution in [2.45, 2.75) is 32.7 Å². The van der Waals surface area contributed by atoms with E-state index in [1.807, 2.05) is 18.2 Å². The smallest absolute Gasteiger partial charge is 0.225 e. The SMILES string of the molecule is CCCNC(C)c1ccccc1OCCC(=O)N(C)C. The summed E-state index contributed by atoms with van der Waals surface area (Å²) in [6.07, 6.45) is 1.50. The Bertz CT molecular complexity index is 419. The van der Waals surface area contributed by atoms with Gasteiger partial charge in [0, 0.05) is 25.7 Å². The second-order valence-corrected chi connectivity index (χ2v) is 5.10. The maximum Gasteiger partial charge on any atom is 0.225 e. The molecule has 4 nitrogen and oxygen atoms in total. The molecular formula is C16H26N2O2. The number of carbonyl (C=O) groups excluding carboxylic acids is 1. The van der Waals surface area contributed by atoms with Gasteiger partial charge in [-0.15, -0.1) is 0 Å². The molecule has 1 unspecified atom stereocenters. The molecule has 0 spiro atoms. The van der Waals surface area contributed by atoms with Gasteiger partial charge in [-0.25, -0.2) is 0 Å². The number of rotatable bonds is 8. The summed E-state index contributed by atoms with van der Waals surface area (Å²) in [4.78, 5) is 13.1. The van der Waals surface area contributed by atoms with E-state index in [1.54, 1.807) is 19.0 Å². The van der Waals surface area contributed by atoms with Gasteiger partial charge < -0.3 is 15.0 Å². The fourth-order valence-electron chi connectivity index (χ4n) is 1.91. The third kappa shape index (κ3) is 5.21. The summed E-state index contributed by atoms with van der Waals surface area (Å²) in [7, 11) is 3.51. The lowest BCUT2D eigenvalue weighted by molar-refractivity contribution is -0.129. The number of nitrogens with zero attached hydrogens (tertiary/aromatic N) is 1. The molecule has 0 aliphatic carbocycles. The van der Waals surface area contributed by atoms with Crippen molar-refractivity contribution in [1.82, 2.24) is 10.2 Å². The van der Waals surface area contributed by atoms with Gasteiger partial charge in [0.25, 0.3) is 0 Å². The van der Waals surface area contributed by atoms with Gasteiger partial charge in [0.2, 0.25) is 5.91 Å². The molecular weight excluding hydrogens is 252 g/mol. The van der Waals surface area contributed by atoms with Crippen LogP contribution in [0, 0.1) is 0 Å². The van der Waals surface area contributed by atoms with E-state index < -0.39 is 0 Å². The first-order chi connectivity index (χ1) is 9.56. The highest BCUT2D eigenvalue weighted by Crippen LogP contribution is 2.24. The number of ether oxygens (including phenoxy) is 1. The Morgan fingerprint density at radius 1 is 1.35 bits per heavy atom. The topological polar surface area (TPSA) is 41.6 Å². The molecule has 1 aromatic carbocycles. The van der Waals surface area contributed by atoms with Crippen molar-refractivity contribution in [2.24, 2.45) is 0 Å². The number of nitrogens with one attached hydrogen (secondary N) is 1. The van der Waals surface area contributed by atoms with Crippen LogP contribution in [0.15, 0.2) is 24.3 Å². The summed E-state index contributed by atoms with van der Waals surface area (Å²) in [6, 6.07) is 8.24. The van der Waals surface area contributed by atoms with Crippen LogP contribution in [0.1, 0.15) is 38.3 Å². The second kappa shape index (κ2) is 8.59.